The number of benzene rings is 1. The quantitative estimate of drug-likeness (QED) is 0.858. The van der Waals surface area contributed by atoms with Crippen LogP contribution in [0, 0.1) is 6.92 Å². The van der Waals surface area contributed by atoms with Crippen LogP contribution in [0.3, 0.4) is 0 Å². The summed E-state index contributed by atoms with van der Waals surface area (Å²) in [4.78, 5) is 0. The molecule has 2 N–H and O–H groups in total. The van der Waals surface area contributed by atoms with Crippen LogP contribution in [0.4, 0.5) is 0 Å². The molecule has 1 aromatic carbocycles. The van der Waals surface area contributed by atoms with Crippen molar-refractivity contribution in [1.82, 2.24) is 4.31 Å². The van der Waals surface area contributed by atoms with Crippen molar-refractivity contribution in [3.8, 4) is 0 Å². The van der Waals surface area contributed by atoms with Gasteiger partial charge in [0.05, 0.1) is 5.25 Å². The largest absolute Gasteiger partial charge is 0.329 e. The van der Waals surface area contributed by atoms with Crippen LogP contribution in [0.1, 0.15) is 18.1 Å². The van der Waals surface area contributed by atoms with Gasteiger partial charge in [0.2, 0.25) is 10.0 Å². The molecule has 1 aromatic rings. The lowest BCUT2D eigenvalue weighted by atomic mass is 10.1. The Hall–Kier alpha value is -0.910. The molecule has 0 aliphatic rings. The van der Waals surface area contributed by atoms with Crippen LogP contribution in [0.5, 0.6) is 0 Å². The van der Waals surface area contributed by atoms with Gasteiger partial charge in [0.15, 0.2) is 0 Å². The van der Waals surface area contributed by atoms with Crippen LogP contribution >= 0.6 is 0 Å². The first-order valence-corrected chi connectivity index (χ1v) is 7.09. The molecule has 0 aliphatic heterocycles. The lowest BCUT2D eigenvalue weighted by Crippen LogP contribution is -2.38. The van der Waals surface area contributed by atoms with Gasteiger partial charge in [-0.2, -0.15) is 0 Å². The molecular formula is C12H20N2O2S. The molecule has 0 bridgehead atoms. The van der Waals surface area contributed by atoms with Crippen LogP contribution in [0.15, 0.2) is 24.3 Å². The second kappa shape index (κ2) is 5.62. The molecule has 0 fully saturated rings. The van der Waals surface area contributed by atoms with Gasteiger partial charge in [0.25, 0.3) is 0 Å². The number of sulfonamides is 1. The first-order valence-electron chi connectivity index (χ1n) is 5.58. The average Bonchev–Trinajstić information content (AvgIpc) is 2.27. The van der Waals surface area contributed by atoms with Crippen molar-refractivity contribution in [2.45, 2.75) is 25.6 Å². The lowest BCUT2D eigenvalue weighted by Gasteiger charge is -2.21. The fourth-order valence-corrected chi connectivity index (χ4v) is 2.77. The van der Waals surface area contributed by atoms with E-state index in [0.717, 1.165) is 11.1 Å². The van der Waals surface area contributed by atoms with E-state index in [1.165, 1.54) is 4.31 Å². The zero-order chi connectivity index (χ0) is 13.1. The van der Waals surface area contributed by atoms with E-state index >= 15 is 0 Å². The molecule has 17 heavy (non-hydrogen) atoms. The van der Waals surface area contributed by atoms with Crippen molar-refractivity contribution in [3.05, 3.63) is 35.4 Å². The molecule has 96 valence electrons. The molecule has 0 radical (unpaired) electrons. The number of aryl methyl sites for hydroxylation is 1. The second-order valence-corrected chi connectivity index (χ2v) is 6.79. The third kappa shape index (κ3) is 3.52. The SMILES string of the molecule is Cc1cccc(CN(C)S(=O)(=O)C(C)CN)c1. The first-order chi connectivity index (χ1) is 7.87. The van der Waals surface area contributed by atoms with Gasteiger partial charge in [-0.25, -0.2) is 12.7 Å². The predicted octanol–water partition coefficient (Wildman–Crippen LogP) is 1.10. The Labute approximate surface area is 103 Å². The normalized spacial score (nSPS) is 13.9. The first kappa shape index (κ1) is 14.2. The zero-order valence-electron chi connectivity index (χ0n) is 10.6. The number of nitrogens with zero attached hydrogens (tertiary/aromatic N) is 1. The lowest BCUT2D eigenvalue weighted by molar-refractivity contribution is 0.457. The van der Waals surface area contributed by atoms with Crippen molar-refractivity contribution >= 4 is 10.0 Å². The molecule has 0 spiro atoms. The monoisotopic (exact) mass is 256 g/mol. The fourth-order valence-electron chi connectivity index (χ4n) is 1.59. The topological polar surface area (TPSA) is 63.4 Å². The Morgan fingerprint density at radius 2 is 2.06 bits per heavy atom. The van der Waals surface area contributed by atoms with Crippen LogP contribution < -0.4 is 5.73 Å². The minimum absolute atomic E-state index is 0.139. The summed E-state index contributed by atoms with van der Waals surface area (Å²) in [5.74, 6) is 0. The van der Waals surface area contributed by atoms with Gasteiger partial charge >= 0.3 is 0 Å². The number of hydrogen-bond acceptors (Lipinski definition) is 3. The average molecular weight is 256 g/mol. The van der Waals surface area contributed by atoms with Gasteiger partial charge in [-0.15, -0.1) is 0 Å². The highest BCUT2D eigenvalue weighted by atomic mass is 32.2. The number of hydrogen-bond donors (Lipinski definition) is 1. The molecule has 0 aliphatic carbocycles. The molecule has 0 amide bonds. The molecule has 1 unspecified atom stereocenters. The minimum atomic E-state index is -3.29. The van der Waals surface area contributed by atoms with Gasteiger partial charge in [-0.05, 0) is 19.4 Å². The highest BCUT2D eigenvalue weighted by Crippen LogP contribution is 2.12. The second-order valence-electron chi connectivity index (χ2n) is 4.34. The Morgan fingerprint density at radius 3 is 2.59 bits per heavy atom. The van der Waals surface area contributed by atoms with Crippen molar-refractivity contribution < 1.29 is 8.42 Å². The van der Waals surface area contributed by atoms with Gasteiger partial charge in [0.1, 0.15) is 0 Å². The van der Waals surface area contributed by atoms with E-state index in [0.29, 0.717) is 6.54 Å². The van der Waals surface area contributed by atoms with Crippen LogP contribution in [-0.2, 0) is 16.6 Å². The van der Waals surface area contributed by atoms with Crippen molar-refractivity contribution in [2.75, 3.05) is 13.6 Å². The maximum atomic E-state index is 12.0. The molecule has 0 heterocycles. The molecule has 0 saturated heterocycles. The summed E-state index contributed by atoms with van der Waals surface area (Å²) in [5.41, 5.74) is 7.52. The van der Waals surface area contributed by atoms with E-state index in [-0.39, 0.29) is 6.54 Å². The summed E-state index contributed by atoms with van der Waals surface area (Å²) in [7, 11) is -1.70. The minimum Gasteiger partial charge on any atom is -0.329 e. The number of rotatable bonds is 5. The Kier molecular flexibility index (Phi) is 4.68. The van der Waals surface area contributed by atoms with Gasteiger partial charge < -0.3 is 5.73 Å². The van der Waals surface area contributed by atoms with Gasteiger partial charge in [-0.3, -0.25) is 0 Å². The van der Waals surface area contributed by atoms with Gasteiger partial charge in [-0.1, -0.05) is 29.8 Å². The highest BCUT2D eigenvalue weighted by molar-refractivity contribution is 7.89. The Bertz CT molecular complexity index is 471. The van der Waals surface area contributed by atoms with E-state index in [9.17, 15) is 8.42 Å². The summed E-state index contributed by atoms with van der Waals surface area (Å²) in [5, 5.41) is -0.544. The summed E-state index contributed by atoms with van der Waals surface area (Å²) in [6.07, 6.45) is 0. The van der Waals surface area contributed by atoms with E-state index < -0.39 is 15.3 Å². The highest BCUT2D eigenvalue weighted by Gasteiger charge is 2.24. The fraction of sp³-hybridized carbons (Fsp3) is 0.500. The molecule has 5 heteroatoms. The molecular weight excluding hydrogens is 236 g/mol. The predicted molar refractivity (Wildman–Crippen MR) is 70.1 cm³/mol. The van der Waals surface area contributed by atoms with Crippen LogP contribution in [-0.4, -0.2) is 31.6 Å². The summed E-state index contributed by atoms with van der Waals surface area (Å²) in [6.45, 7) is 4.14. The van der Waals surface area contributed by atoms with Crippen LogP contribution in [0.25, 0.3) is 0 Å². The molecule has 1 atom stereocenters. The standard InChI is InChI=1S/C12H20N2O2S/c1-10-5-4-6-12(7-10)9-14(3)17(15,16)11(2)8-13/h4-7,11H,8-9,13H2,1-3H3. The van der Waals surface area contributed by atoms with Crippen LogP contribution in [0.2, 0.25) is 0 Å². The third-order valence-electron chi connectivity index (χ3n) is 2.76. The molecule has 0 saturated carbocycles. The summed E-state index contributed by atoms with van der Waals surface area (Å²) in [6, 6.07) is 7.82. The molecule has 0 aromatic heterocycles. The molecule has 1 rings (SSSR count). The summed E-state index contributed by atoms with van der Waals surface area (Å²) < 4.78 is 25.4. The summed E-state index contributed by atoms with van der Waals surface area (Å²) >= 11 is 0. The van der Waals surface area contributed by atoms with E-state index in [1.54, 1.807) is 14.0 Å². The number of nitrogens with two attached hydrogens (primary N) is 1. The maximum Gasteiger partial charge on any atom is 0.218 e. The van der Waals surface area contributed by atoms with Crippen molar-refractivity contribution in [3.63, 3.8) is 0 Å². The maximum absolute atomic E-state index is 12.0. The van der Waals surface area contributed by atoms with Crippen molar-refractivity contribution in [2.24, 2.45) is 5.73 Å². The van der Waals surface area contributed by atoms with E-state index in [4.69, 9.17) is 5.73 Å². The smallest absolute Gasteiger partial charge is 0.218 e. The van der Waals surface area contributed by atoms with Crippen molar-refractivity contribution in [1.29, 1.82) is 0 Å². The van der Waals surface area contributed by atoms with E-state index in [2.05, 4.69) is 0 Å². The van der Waals surface area contributed by atoms with Gasteiger partial charge in [0, 0.05) is 20.1 Å². The zero-order valence-corrected chi connectivity index (χ0v) is 11.4. The Balaban J connectivity index is 2.83. The molecule has 4 nitrogen and oxygen atoms in total. The Morgan fingerprint density at radius 1 is 1.41 bits per heavy atom. The third-order valence-corrected chi connectivity index (χ3v) is 4.97. The van der Waals surface area contributed by atoms with E-state index in [1.807, 2.05) is 31.2 Å².